The van der Waals surface area contributed by atoms with Gasteiger partial charge in [-0.15, -0.1) is 0 Å². The third kappa shape index (κ3) is 2.81. The Morgan fingerprint density at radius 2 is 2.10 bits per heavy atom. The summed E-state index contributed by atoms with van der Waals surface area (Å²) in [5.41, 5.74) is 3.92. The van der Waals surface area contributed by atoms with Gasteiger partial charge in [0, 0.05) is 12.1 Å². The molecule has 2 aromatic rings. The van der Waals surface area contributed by atoms with E-state index >= 15 is 0 Å². The van der Waals surface area contributed by atoms with Crippen LogP contribution in [0.3, 0.4) is 0 Å². The van der Waals surface area contributed by atoms with E-state index in [9.17, 15) is 9.18 Å². The predicted octanol–water partition coefficient (Wildman–Crippen LogP) is 3.03. The van der Waals surface area contributed by atoms with E-state index in [4.69, 9.17) is 0 Å². The van der Waals surface area contributed by atoms with Gasteiger partial charge in [-0.25, -0.2) is 4.39 Å². The lowest BCUT2D eigenvalue weighted by molar-refractivity contribution is 0.102. The van der Waals surface area contributed by atoms with Crippen molar-refractivity contribution >= 4 is 11.6 Å². The molecule has 1 heterocycles. The highest BCUT2D eigenvalue weighted by atomic mass is 19.1. The first-order chi connectivity index (χ1) is 10.1. The summed E-state index contributed by atoms with van der Waals surface area (Å²) in [6.45, 7) is 3.51. The van der Waals surface area contributed by atoms with Crippen LogP contribution in [0.4, 0.5) is 10.1 Å². The van der Waals surface area contributed by atoms with Crippen molar-refractivity contribution in [2.75, 3.05) is 11.9 Å². The highest BCUT2D eigenvalue weighted by molar-refractivity contribution is 6.04. The zero-order valence-corrected chi connectivity index (χ0v) is 11.9. The van der Waals surface area contributed by atoms with Gasteiger partial charge in [-0.05, 0) is 54.8 Å². The molecule has 0 saturated heterocycles. The van der Waals surface area contributed by atoms with Gasteiger partial charge in [0.05, 0.1) is 5.69 Å². The molecule has 0 unspecified atom stereocenters. The first-order valence-electron chi connectivity index (χ1n) is 7.04. The molecular formula is C17H17FN2O. The van der Waals surface area contributed by atoms with Crippen LogP contribution in [0.25, 0.3) is 0 Å². The zero-order valence-electron chi connectivity index (χ0n) is 11.9. The van der Waals surface area contributed by atoms with Gasteiger partial charge >= 0.3 is 0 Å². The second-order valence-electron chi connectivity index (χ2n) is 5.30. The molecule has 0 saturated carbocycles. The molecule has 2 aromatic carbocycles. The van der Waals surface area contributed by atoms with Crippen LogP contribution in [0.1, 0.15) is 27.0 Å². The summed E-state index contributed by atoms with van der Waals surface area (Å²) in [6.07, 6.45) is 0.976. The topological polar surface area (TPSA) is 41.1 Å². The average Bonchev–Trinajstić information content (AvgIpc) is 2.50. The van der Waals surface area contributed by atoms with Crippen LogP contribution in [0, 0.1) is 12.7 Å². The second-order valence-corrected chi connectivity index (χ2v) is 5.30. The minimum Gasteiger partial charge on any atom is -0.319 e. The quantitative estimate of drug-likeness (QED) is 0.890. The lowest BCUT2D eigenvalue weighted by Crippen LogP contribution is -2.24. The van der Waals surface area contributed by atoms with Crippen molar-refractivity contribution in [3.05, 3.63) is 64.5 Å². The largest absolute Gasteiger partial charge is 0.319 e. The number of aryl methyl sites for hydroxylation is 1. The Morgan fingerprint density at radius 1 is 1.24 bits per heavy atom. The number of benzene rings is 2. The van der Waals surface area contributed by atoms with Crippen LogP contribution >= 0.6 is 0 Å². The molecule has 0 spiro atoms. The molecule has 4 heteroatoms. The number of nitrogens with one attached hydrogen (secondary N) is 2. The van der Waals surface area contributed by atoms with Crippen molar-refractivity contribution < 1.29 is 9.18 Å². The van der Waals surface area contributed by atoms with E-state index in [1.165, 1.54) is 11.6 Å². The molecule has 1 aliphatic heterocycles. The molecule has 2 N–H and O–H groups in total. The van der Waals surface area contributed by atoms with E-state index in [-0.39, 0.29) is 11.6 Å². The lowest BCUT2D eigenvalue weighted by atomic mass is 9.98. The molecule has 0 bridgehead atoms. The van der Waals surface area contributed by atoms with Gasteiger partial charge in [0.2, 0.25) is 0 Å². The predicted molar refractivity (Wildman–Crippen MR) is 80.9 cm³/mol. The molecule has 3 nitrogen and oxygen atoms in total. The van der Waals surface area contributed by atoms with Crippen molar-refractivity contribution in [2.45, 2.75) is 19.9 Å². The Morgan fingerprint density at radius 3 is 2.90 bits per heavy atom. The molecule has 3 rings (SSSR count). The van der Waals surface area contributed by atoms with E-state index in [0.29, 0.717) is 11.1 Å². The molecule has 1 aliphatic rings. The van der Waals surface area contributed by atoms with Gasteiger partial charge < -0.3 is 10.6 Å². The number of hydrogen-bond donors (Lipinski definition) is 2. The summed E-state index contributed by atoms with van der Waals surface area (Å²) in [4.78, 5) is 12.3. The van der Waals surface area contributed by atoms with E-state index in [0.717, 1.165) is 25.1 Å². The Balaban J connectivity index is 1.86. The standard InChI is InChI=1S/C17H17FN2O/c1-11-3-2-4-15(18)16(11)20-17(21)13-6-5-12-7-8-19-10-14(12)9-13/h2-6,9,19H,7-8,10H2,1H3,(H,20,21). The van der Waals surface area contributed by atoms with Gasteiger partial charge in [0.25, 0.3) is 5.91 Å². The first-order valence-corrected chi connectivity index (χ1v) is 7.04. The minimum atomic E-state index is -0.414. The Hall–Kier alpha value is -2.20. The number of halogens is 1. The zero-order chi connectivity index (χ0) is 14.8. The highest BCUT2D eigenvalue weighted by Crippen LogP contribution is 2.21. The van der Waals surface area contributed by atoms with Crippen molar-refractivity contribution in [2.24, 2.45) is 0 Å². The fourth-order valence-corrected chi connectivity index (χ4v) is 2.60. The van der Waals surface area contributed by atoms with Crippen LogP contribution in [0.5, 0.6) is 0 Å². The SMILES string of the molecule is Cc1cccc(F)c1NC(=O)c1ccc2c(c1)CNCC2. The van der Waals surface area contributed by atoms with E-state index < -0.39 is 5.82 Å². The van der Waals surface area contributed by atoms with Gasteiger partial charge in [-0.1, -0.05) is 18.2 Å². The molecule has 21 heavy (non-hydrogen) atoms. The smallest absolute Gasteiger partial charge is 0.255 e. The van der Waals surface area contributed by atoms with E-state index in [1.807, 2.05) is 12.1 Å². The number of para-hydroxylation sites is 1. The number of fused-ring (bicyclic) bond motifs is 1. The number of carbonyl (C=O) groups excluding carboxylic acids is 1. The van der Waals surface area contributed by atoms with Crippen molar-refractivity contribution in [3.63, 3.8) is 0 Å². The summed E-state index contributed by atoms with van der Waals surface area (Å²) in [6, 6.07) is 10.4. The third-order valence-electron chi connectivity index (χ3n) is 3.82. The molecule has 1 amide bonds. The number of carbonyl (C=O) groups is 1. The van der Waals surface area contributed by atoms with Crippen molar-refractivity contribution in [3.8, 4) is 0 Å². The molecule has 108 valence electrons. The maximum Gasteiger partial charge on any atom is 0.255 e. The molecule has 0 fully saturated rings. The molecule has 0 aromatic heterocycles. The first kappa shape index (κ1) is 13.8. The fraction of sp³-hybridized carbons (Fsp3) is 0.235. The molecule has 0 atom stereocenters. The van der Waals surface area contributed by atoms with Crippen LogP contribution < -0.4 is 10.6 Å². The van der Waals surface area contributed by atoms with Gasteiger partial charge in [-0.3, -0.25) is 4.79 Å². The van der Waals surface area contributed by atoms with Crippen LogP contribution in [0.15, 0.2) is 36.4 Å². The molecular weight excluding hydrogens is 267 g/mol. The average molecular weight is 284 g/mol. The Kier molecular flexibility index (Phi) is 3.71. The maximum atomic E-state index is 13.8. The van der Waals surface area contributed by atoms with Gasteiger partial charge in [0.15, 0.2) is 0 Å². The number of hydrogen-bond acceptors (Lipinski definition) is 2. The number of anilines is 1. The van der Waals surface area contributed by atoms with Crippen molar-refractivity contribution in [1.82, 2.24) is 5.32 Å². The Labute approximate surface area is 123 Å². The summed E-state index contributed by atoms with van der Waals surface area (Å²) in [5.74, 6) is -0.695. The third-order valence-corrected chi connectivity index (χ3v) is 3.82. The lowest BCUT2D eigenvalue weighted by Gasteiger charge is -2.18. The molecule has 0 radical (unpaired) electrons. The number of amides is 1. The van der Waals surface area contributed by atoms with Crippen LogP contribution in [-0.4, -0.2) is 12.5 Å². The van der Waals surface area contributed by atoms with E-state index in [1.54, 1.807) is 25.1 Å². The second kappa shape index (κ2) is 5.66. The van der Waals surface area contributed by atoms with Crippen LogP contribution in [-0.2, 0) is 13.0 Å². The van der Waals surface area contributed by atoms with Crippen LogP contribution in [0.2, 0.25) is 0 Å². The van der Waals surface area contributed by atoms with Crippen molar-refractivity contribution in [1.29, 1.82) is 0 Å². The highest BCUT2D eigenvalue weighted by Gasteiger charge is 2.14. The Bertz CT molecular complexity index is 677. The minimum absolute atomic E-state index is 0.248. The normalized spacial score (nSPS) is 13.6. The molecule has 0 aliphatic carbocycles. The summed E-state index contributed by atoms with van der Waals surface area (Å²) in [7, 11) is 0. The van der Waals surface area contributed by atoms with Gasteiger partial charge in [-0.2, -0.15) is 0 Å². The van der Waals surface area contributed by atoms with E-state index in [2.05, 4.69) is 10.6 Å². The maximum absolute atomic E-state index is 13.8. The fourth-order valence-electron chi connectivity index (χ4n) is 2.60. The summed E-state index contributed by atoms with van der Waals surface area (Å²) >= 11 is 0. The number of rotatable bonds is 2. The monoisotopic (exact) mass is 284 g/mol. The summed E-state index contributed by atoms with van der Waals surface area (Å²) in [5, 5.41) is 5.95. The van der Waals surface area contributed by atoms with Gasteiger partial charge in [0.1, 0.15) is 5.82 Å². The summed E-state index contributed by atoms with van der Waals surface area (Å²) < 4.78 is 13.8.